The largest absolute Gasteiger partial charge is 0.465 e. The van der Waals surface area contributed by atoms with Crippen molar-refractivity contribution in [1.29, 1.82) is 0 Å². The van der Waals surface area contributed by atoms with E-state index in [1.165, 1.54) is 4.90 Å². The Balaban J connectivity index is 2.51. The van der Waals surface area contributed by atoms with Crippen molar-refractivity contribution < 1.29 is 9.90 Å². The van der Waals surface area contributed by atoms with Gasteiger partial charge in [0.05, 0.1) is 18.3 Å². The second-order valence-electron chi connectivity index (χ2n) is 3.75. The van der Waals surface area contributed by atoms with Crippen LogP contribution in [0, 0.1) is 0 Å². The molecule has 0 aromatic heterocycles. The molecule has 1 aliphatic rings. The van der Waals surface area contributed by atoms with Gasteiger partial charge in [-0.05, 0) is 13.0 Å². The molecular weight excluding hydrogens is 206 g/mol. The molecule has 1 aromatic carbocycles. The summed E-state index contributed by atoms with van der Waals surface area (Å²) in [4.78, 5) is 16.6. The minimum absolute atomic E-state index is 0.144. The van der Waals surface area contributed by atoms with Crippen LogP contribution in [0.25, 0.3) is 0 Å². The van der Waals surface area contributed by atoms with Gasteiger partial charge in [0.15, 0.2) is 0 Å². The fraction of sp³-hybridized carbons (Fsp3) is 0.273. The highest BCUT2D eigenvalue weighted by Gasteiger charge is 2.26. The molecule has 0 aliphatic carbocycles. The zero-order chi connectivity index (χ0) is 11.7. The summed E-state index contributed by atoms with van der Waals surface area (Å²) in [5.74, 6) is 0.319. The average Bonchev–Trinajstić information content (AvgIpc) is 2.37. The number of hydrogen-bond acceptors (Lipinski definition) is 3. The number of nitrogens with two attached hydrogens (primary N) is 1. The molecule has 0 saturated heterocycles. The predicted octanol–water partition coefficient (Wildman–Crippen LogP) is 1.73. The van der Waals surface area contributed by atoms with Crippen LogP contribution in [-0.4, -0.2) is 28.5 Å². The molecule has 1 aliphatic heterocycles. The Labute approximate surface area is 93.2 Å². The Hall–Kier alpha value is -2.04. The van der Waals surface area contributed by atoms with Gasteiger partial charge in [0.2, 0.25) is 0 Å². The lowest BCUT2D eigenvalue weighted by molar-refractivity contribution is 0.137. The van der Waals surface area contributed by atoms with E-state index in [-0.39, 0.29) is 12.6 Å². The molecule has 2 rings (SSSR count). The van der Waals surface area contributed by atoms with Crippen LogP contribution < -0.4 is 5.73 Å². The first-order valence-corrected chi connectivity index (χ1v) is 5.01. The molecule has 0 radical (unpaired) electrons. The zero-order valence-electron chi connectivity index (χ0n) is 8.92. The number of hydrogen-bond donors (Lipinski definition) is 2. The molecule has 1 unspecified atom stereocenters. The number of para-hydroxylation sites is 1. The fourth-order valence-corrected chi connectivity index (χ4v) is 1.85. The van der Waals surface area contributed by atoms with Crippen molar-refractivity contribution in [2.24, 2.45) is 10.7 Å². The number of fused-ring (bicyclic) bond motifs is 1. The molecule has 3 N–H and O–H groups in total. The number of amidine groups is 1. The number of carbonyl (C=O) groups is 1. The quantitative estimate of drug-likeness (QED) is 0.697. The van der Waals surface area contributed by atoms with Crippen molar-refractivity contribution in [3.05, 3.63) is 29.8 Å². The third-order valence-electron chi connectivity index (χ3n) is 2.70. The highest BCUT2D eigenvalue weighted by atomic mass is 16.4. The van der Waals surface area contributed by atoms with Gasteiger partial charge in [0, 0.05) is 5.56 Å². The monoisotopic (exact) mass is 219 g/mol. The van der Waals surface area contributed by atoms with E-state index in [0.29, 0.717) is 5.84 Å². The smallest absolute Gasteiger partial charge is 0.408 e. The fourth-order valence-electron chi connectivity index (χ4n) is 1.85. The summed E-state index contributed by atoms with van der Waals surface area (Å²) in [6, 6.07) is 7.20. The predicted molar refractivity (Wildman–Crippen MR) is 60.9 cm³/mol. The van der Waals surface area contributed by atoms with E-state index in [9.17, 15) is 4.79 Å². The van der Waals surface area contributed by atoms with Crippen molar-refractivity contribution >= 4 is 17.6 Å². The van der Waals surface area contributed by atoms with E-state index in [1.807, 2.05) is 31.2 Å². The molecular formula is C11H13N3O2. The van der Waals surface area contributed by atoms with Gasteiger partial charge >= 0.3 is 6.09 Å². The molecule has 0 spiro atoms. The third-order valence-corrected chi connectivity index (χ3v) is 2.70. The summed E-state index contributed by atoms with van der Waals surface area (Å²) in [5, 5.41) is 9.09. The topological polar surface area (TPSA) is 78.9 Å². The Morgan fingerprint density at radius 1 is 1.56 bits per heavy atom. The zero-order valence-corrected chi connectivity index (χ0v) is 8.92. The highest BCUT2D eigenvalue weighted by Crippen LogP contribution is 2.31. The first kappa shape index (κ1) is 10.5. The van der Waals surface area contributed by atoms with Crippen LogP contribution in [0.3, 0.4) is 0 Å². The molecule has 0 fully saturated rings. The van der Waals surface area contributed by atoms with Crippen LogP contribution in [-0.2, 0) is 0 Å². The van der Waals surface area contributed by atoms with Crippen LogP contribution in [0.2, 0.25) is 0 Å². The molecule has 5 heteroatoms. The van der Waals surface area contributed by atoms with E-state index in [1.54, 1.807) is 0 Å². The Kier molecular flexibility index (Phi) is 2.52. The van der Waals surface area contributed by atoms with Crippen LogP contribution in [0.1, 0.15) is 18.5 Å². The number of aliphatic imine (C=N–C) groups is 1. The summed E-state index contributed by atoms with van der Waals surface area (Å²) in [5.41, 5.74) is 7.31. The maximum absolute atomic E-state index is 11.1. The molecule has 1 heterocycles. The Morgan fingerprint density at radius 2 is 2.25 bits per heavy atom. The van der Waals surface area contributed by atoms with Crippen molar-refractivity contribution in [3.8, 4) is 0 Å². The SMILES string of the molecule is CC1c2ccccc2N=C(N)CN1C(=O)O. The second-order valence-corrected chi connectivity index (χ2v) is 3.75. The Bertz CT molecular complexity index is 456. The lowest BCUT2D eigenvalue weighted by atomic mass is 10.1. The van der Waals surface area contributed by atoms with Crippen molar-refractivity contribution in [2.75, 3.05) is 6.54 Å². The second kappa shape index (κ2) is 3.84. The van der Waals surface area contributed by atoms with Crippen molar-refractivity contribution in [2.45, 2.75) is 13.0 Å². The van der Waals surface area contributed by atoms with Crippen molar-refractivity contribution in [1.82, 2.24) is 4.90 Å². The van der Waals surface area contributed by atoms with Gasteiger partial charge in [0.25, 0.3) is 0 Å². The maximum Gasteiger partial charge on any atom is 0.408 e. The number of rotatable bonds is 0. The van der Waals surface area contributed by atoms with Gasteiger partial charge in [-0.25, -0.2) is 9.79 Å². The number of benzene rings is 1. The molecule has 0 bridgehead atoms. The molecule has 0 saturated carbocycles. The normalized spacial score (nSPS) is 19.7. The van der Waals surface area contributed by atoms with Crippen LogP contribution in [0.4, 0.5) is 10.5 Å². The summed E-state index contributed by atoms with van der Waals surface area (Å²) in [7, 11) is 0. The summed E-state index contributed by atoms with van der Waals surface area (Å²) >= 11 is 0. The summed E-state index contributed by atoms with van der Waals surface area (Å²) < 4.78 is 0. The molecule has 1 aromatic rings. The van der Waals surface area contributed by atoms with Gasteiger partial charge in [-0.2, -0.15) is 0 Å². The number of nitrogens with zero attached hydrogens (tertiary/aromatic N) is 2. The molecule has 1 amide bonds. The maximum atomic E-state index is 11.1. The van der Waals surface area contributed by atoms with Gasteiger partial charge in [0.1, 0.15) is 5.84 Å². The van der Waals surface area contributed by atoms with Gasteiger partial charge in [-0.1, -0.05) is 18.2 Å². The molecule has 16 heavy (non-hydrogen) atoms. The standard InChI is InChI=1S/C11H13N3O2/c1-7-8-4-2-3-5-9(8)13-10(12)6-14(7)11(15)16/h2-5,7H,6H2,1H3,(H2,12,13)(H,15,16). The van der Waals surface area contributed by atoms with E-state index < -0.39 is 6.09 Å². The summed E-state index contributed by atoms with van der Waals surface area (Å²) in [6.45, 7) is 1.98. The summed E-state index contributed by atoms with van der Waals surface area (Å²) in [6.07, 6.45) is -0.984. The first-order chi connectivity index (χ1) is 7.59. The van der Waals surface area contributed by atoms with E-state index in [2.05, 4.69) is 4.99 Å². The minimum Gasteiger partial charge on any atom is -0.465 e. The minimum atomic E-state index is -0.984. The Morgan fingerprint density at radius 3 is 2.94 bits per heavy atom. The lowest BCUT2D eigenvalue weighted by Gasteiger charge is -2.24. The van der Waals surface area contributed by atoms with Crippen LogP contribution >= 0.6 is 0 Å². The lowest BCUT2D eigenvalue weighted by Crippen LogP contribution is -2.38. The van der Waals surface area contributed by atoms with Gasteiger partial charge in [-0.15, -0.1) is 0 Å². The number of amides is 1. The number of carboxylic acid groups (broad SMARTS) is 1. The van der Waals surface area contributed by atoms with Crippen LogP contribution in [0.5, 0.6) is 0 Å². The van der Waals surface area contributed by atoms with Gasteiger partial charge < -0.3 is 10.8 Å². The molecule has 84 valence electrons. The van der Waals surface area contributed by atoms with E-state index in [0.717, 1.165) is 11.3 Å². The van der Waals surface area contributed by atoms with Gasteiger partial charge in [-0.3, -0.25) is 4.90 Å². The highest BCUT2D eigenvalue weighted by molar-refractivity contribution is 5.89. The van der Waals surface area contributed by atoms with E-state index in [4.69, 9.17) is 10.8 Å². The van der Waals surface area contributed by atoms with Crippen LogP contribution in [0.15, 0.2) is 29.3 Å². The molecule has 1 atom stereocenters. The first-order valence-electron chi connectivity index (χ1n) is 5.01. The van der Waals surface area contributed by atoms with E-state index >= 15 is 0 Å². The average molecular weight is 219 g/mol. The molecule has 5 nitrogen and oxygen atoms in total. The third kappa shape index (κ3) is 1.71. The van der Waals surface area contributed by atoms with Crippen molar-refractivity contribution in [3.63, 3.8) is 0 Å².